The van der Waals surface area contributed by atoms with E-state index in [-0.39, 0.29) is 12.2 Å². The number of allylic oxidation sites excluding steroid dienone is 1. The molecular formula is C13H15NO4. The monoisotopic (exact) mass is 249 g/mol. The zero-order chi connectivity index (χ0) is 13.5. The highest BCUT2D eigenvalue weighted by atomic mass is 16.5. The summed E-state index contributed by atoms with van der Waals surface area (Å²) in [4.78, 5) is 22.2. The molecule has 0 aliphatic rings. The normalized spacial score (nSPS) is 12.3. The van der Waals surface area contributed by atoms with Crippen molar-refractivity contribution in [1.29, 1.82) is 0 Å². The zero-order valence-corrected chi connectivity index (χ0v) is 10.00. The number of carbonyl (C=O) groups excluding carboxylic acids is 1. The Morgan fingerprint density at radius 1 is 1.39 bits per heavy atom. The van der Waals surface area contributed by atoms with Crippen LogP contribution in [0.15, 0.2) is 36.6 Å². The van der Waals surface area contributed by atoms with Gasteiger partial charge in [-0.1, -0.05) is 24.3 Å². The van der Waals surface area contributed by atoms with Gasteiger partial charge in [-0.15, -0.1) is 0 Å². The predicted molar refractivity (Wildman–Crippen MR) is 66.2 cm³/mol. The highest BCUT2D eigenvalue weighted by Crippen LogP contribution is 2.08. The number of carboxylic acids is 1. The fraction of sp³-hybridized carbons (Fsp3) is 0.231. The molecule has 0 amide bonds. The molecule has 0 heterocycles. The molecule has 18 heavy (non-hydrogen) atoms. The molecule has 0 radical (unpaired) electrons. The van der Waals surface area contributed by atoms with Crippen LogP contribution in [0.2, 0.25) is 0 Å². The maximum Gasteiger partial charge on any atom is 0.320 e. The first-order valence-electron chi connectivity index (χ1n) is 5.35. The number of carboxylic acid groups (broad SMARTS) is 1. The average Bonchev–Trinajstić information content (AvgIpc) is 2.36. The lowest BCUT2D eigenvalue weighted by molar-refractivity contribution is -0.138. The van der Waals surface area contributed by atoms with E-state index in [1.807, 2.05) is 0 Å². The van der Waals surface area contributed by atoms with Crippen LogP contribution in [0, 0.1) is 0 Å². The summed E-state index contributed by atoms with van der Waals surface area (Å²) < 4.78 is 4.65. The molecule has 1 rings (SSSR count). The molecule has 3 N–H and O–H groups in total. The lowest BCUT2D eigenvalue weighted by atomic mass is 10.0. The van der Waals surface area contributed by atoms with Crippen LogP contribution in [0.1, 0.15) is 15.9 Å². The van der Waals surface area contributed by atoms with Crippen molar-refractivity contribution in [3.8, 4) is 0 Å². The van der Waals surface area contributed by atoms with E-state index in [1.54, 1.807) is 24.3 Å². The molecule has 0 unspecified atom stereocenters. The second-order valence-corrected chi connectivity index (χ2v) is 3.75. The summed E-state index contributed by atoms with van der Waals surface area (Å²) in [7, 11) is 1.46. The predicted octanol–water partition coefficient (Wildman–Crippen LogP) is 0.984. The zero-order valence-electron chi connectivity index (χ0n) is 10.00. The molecule has 0 aromatic heterocycles. The number of rotatable bonds is 6. The van der Waals surface area contributed by atoms with E-state index in [4.69, 9.17) is 10.8 Å². The van der Waals surface area contributed by atoms with Gasteiger partial charge in [0.15, 0.2) is 5.78 Å². The molecule has 1 aromatic carbocycles. The van der Waals surface area contributed by atoms with Gasteiger partial charge in [0.1, 0.15) is 6.04 Å². The van der Waals surface area contributed by atoms with E-state index in [9.17, 15) is 9.59 Å². The van der Waals surface area contributed by atoms with Gasteiger partial charge in [0.05, 0.1) is 13.4 Å². The van der Waals surface area contributed by atoms with Crippen molar-refractivity contribution >= 4 is 11.8 Å². The van der Waals surface area contributed by atoms with Crippen LogP contribution in [-0.4, -0.2) is 30.0 Å². The van der Waals surface area contributed by atoms with E-state index in [0.29, 0.717) is 5.56 Å². The van der Waals surface area contributed by atoms with Crippen molar-refractivity contribution in [3.63, 3.8) is 0 Å². The van der Waals surface area contributed by atoms with Crippen LogP contribution in [-0.2, 0) is 16.0 Å². The SMILES string of the molecule is CO/C=C/C(=O)c1ccc(C[C@H](N)C(=O)O)cc1. The van der Waals surface area contributed by atoms with Gasteiger partial charge in [-0.2, -0.15) is 0 Å². The number of methoxy groups -OCH3 is 1. The van der Waals surface area contributed by atoms with Gasteiger partial charge in [0.2, 0.25) is 0 Å². The summed E-state index contributed by atoms with van der Waals surface area (Å²) in [5.41, 5.74) is 6.70. The molecular weight excluding hydrogens is 234 g/mol. The van der Waals surface area contributed by atoms with Crippen molar-refractivity contribution in [2.75, 3.05) is 7.11 Å². The van der Waals surface area contributed by atoms with Crippen LogP contribution in [0.3, 0.4) is 0 Å². The summed E-state index contributed by atoms with van der Waals surface area (Å²) >= 11 is 0. The van der Waals surface area contributed by atoms with Gasteiger partial charge >= 0.3 is 5.97 Å². The summed E-state index contributed by atoms with van der Waals surface area (Å²) in [5, 5.41) is 8.68. The third-order valence-electron chi connectivity index (χ3n) is 2.37. The van der Waals surface area contributed by atoms with Crippen LogP contribution < -0.4 is 5.73 Å². The third-order valence-corrected chi connectivity index (χ3v) is 2.37. The molecule has 96 valence electrons. The minimum absolute atomic E-state index is 0.175. The van der Waals surface area contributed by atoms with E-state index >= 15 is 0 Å². The van der Waals surface area contributed by atoms with Crippen LogP contribution in [0.25, 0.3) is 0 Å². The fourth-order valence-electron chi connectivity index (χ4n) is 1.37. The first-order chi connectivity index (χ1) is 8.54. The van der Waals surface area contributed by atoms with Crippen LogP contribution in [0.4, 0.5) is 0 Å². The van der Waals surface area contributed by atoms with E-state index in [2.05, 4.69) is 4.74 Å². The first-order valence-corrected chi connectivity index (χ1v) is 5.35. The number of aliphatic carboxylic acids is 1. The maximum atomic E-state index is 11.6. The molecule has 0 saturated heterocycles. The third kappa shape index (κ3) is 4.03. The quantitative estimate of drug-likeness (QED) is 0.445. The number of hydrogen-bond acceptors (Lipinski definition) is 4. The molecule has 0 fully saturated rings. The molecule has 0 bridgehead atoms. The second-order valence-electron chi connectivity index (χ2n) is 3.75. The first kappa shape index (κ1) is 13.9. The molecule has 0 spiro atoms. The fourth-order valence-corrected chi connectivity index (χ4v) is 1.37. The van der Waals surface area contributed by atoms with Crippen molar-refractivity contribution in [1.82, 2.24) is 0 Å². The Bertz CT molecular complexity index is 451. The number of ether oxygens (including phenoxy) is 1. The van der Waals surface area contributed by atoms with Gasteiger partial charge in [-0.05, 0) is 12.0 Å². The van der Waals surface area contributed by atoms with Gasteiger partial charge in [0, 0.05) is 11.6 Å². The van der Waals surface area contributed by atoms with Crippen molar-refractivity contribution in [2.24, 2.45) is 5.73 Å². The number of carbonyl (C=O) groups is 2. The van der Waals surface area contributed by atoms with E-state index in [1.165, 1.54) is 19.4 Å². The summed E-state index contributed by atoms with van der Waals surface area (Å²) in [6, 6.07) is 5.71. The highest BCUT2D eigenvalue weighted by Gasteiger charge is 2.12. The number of nitrogens with two attached hydrogens (primary N) is 1. The molecule has 1 aromatic rings. The molecule has 5 nitrogen and oxygen atoms in total. The van der Waals surface area contributed by atoms with E-state index < -0.39 is 12.0 Å². The smallest absolute Gasteiger partial charge is 0.320 e. The largest absolute Gasteiger partial charge is 0.504 e. The van der Waals surface area contributed by atoms with Crippen molar-refractivity contribution < 1.29 is 19.4 Å². The Hall–Kier alpha value is -2.14. The molecule has 0 saturated carbocycles. The number of hydrogen-bond donors (Lipinski definition) is 2. The summed E-state index contributed by atoms with van der Waals surface area (Å²) in [6.45, 7) is 0. The minimum atomic E-state index is -1.04. The highest BCUT2D eigenvalue weighted by molar-refractivity contribution is 6.04. The number of ketones is 1. The standard InChI is InChI=1S/C13H15NO4/c1-18-7-6-12(15)10-4-2-9(3-5-10)8-11(14)13(16)17/h2-7,11H,8,14H2,1H3,(H,16,17)/b7-6+/t11-/m0/s1. The van der Waals surface area contributed by atoms with Gasteiger partial charge < -0.3 is 15.6 Å². The summed E-state index contributed by atoms with van der Waals surface area (Å²) in [6.07, 6.45) is 2.85. The lowest BCUT2D eigenvalue weighted by Crippen LogP contribution is -2.32. The van der Waals surface area contributed by atoms with Gasteiger partial charge in [0.25, 0.3) is 0 Å². The Balaban J connectivity index is 2.71. The average molecular weight is 249 g/mol. The topological polar surface area (TPSA) is 89.6 Å². The Kier molecular flexibility index (Phi) is 5.07. The maximum absolute atomic E-state index is 11.6. The molecule has 5 heteroatoms. The Morgan fingerprint density at radius 2 is 2.00 bits per heavy atom. The van der Waals surface area contributed by atoms with Crippen molar-refractivity contribution in [3.05, 3.63) is 47.7 Å². The van der Waals surface area contributed by atoms with Crippen LogP contribution in [0.5, 0.6) is 0 Å². The van der Waals surface area contributed by atoms with E-state index in [0.717, 1.165) is 5.56 Å². The number of benzene rings is 1. The molecule has 0 aliphatic heterocycles. The molecule has 0 aliphatic carbocycles. The van der Waals surface area contributed by atoms with Gasteiger partial charge in [-0.25, -0.2) is 0 Å². The van der Waals surface area contributed by atoms with Gasteiger partial charge in [-0.3, -0.25) is 9.59 Å². The lowest BCUT2D eigenvalue weighted by Gasteiger charge is -2.06. The second kappa shape index (κ2) is 6.56. The summed E-state index contributed by atoms with van der Waals surface area (Å²) in [5.74, 6) is -1.22. The van der Waals surface area contributed by atoms with Crippen LogP contribution >= 0.6 is 0 Å². The Labute approximate surface area is 105 Å². The van der Waals surface area contributed by atoms with Crippen molar-refractivity contribution in [2.45, 2.75) is 12.5 Å². The minimum Gasteiger partial charge on any atom is -0.504 e. The Morgan fingerprint density at radius 3 is 2.50 bits per heavy atom. The molecule has 1 atom stereocenters.